The van der Waals surface area contributed by atoms with E-state index in [1.54, 1.807) is 44.2 Å². The van der Waals surface area contributed by atoms with Crippen molar-refractivity contribution >= 4 is 38.1 Å². The van der Waals surface area contributed by atoms with Gasteiger partial charge in [-0.15, -0.1) is 0 Å². The lowest BCUT2D eigenvalue weighted by Crippen LogP contribution is -2.28. The molecule has 0 saturated heterocycles. The number of aryl methyl sites for hydroxylation is 2. The molecule has 0 amide bonds. The lowest BCUT2D eigenvalue weighted by atomic mass is 10.2. The van der Waals surface area contributed by atoms with Gasteiger partial charge in [-0.2, -0.15) is 5.10 Å². The van der Waals surface area contributed by atoms with Crippen LogP contribution in [0.15, 0.2) is 52.5 Å². The molecule has 0 fully saturated rings. The van der Waals surface area contributed by atoms with Crippen LogP contribution in [0.1, 0.15) is 18.1 Å². The monoisotopic (exact) mass is 394 g/mol. The maximum atomic E-state index is 12.8. The maximum absolute atomic E-state index is 12.8. The van der Waals surface area contributed by atoms with E-state index in [0.29, 0.717) is 10.7 Å². The Morgan fingerprint density at radius 2 is 1.81 bits per heavy atom. The van der Waals surface area contributed by atoms with E-state index in [1.165, 1.54) is 12.1 Å². The number of halogens is 1. The van der Waals surface area contributed by atoms with Crippen LogP contribution in [-0.2, 0) is 19.4 Å². The van der Waals surface area contributed by atoms with Gasteiger partial charge in [-0.3, -0.25) is 5.43 Å². The van der Waals surface area contributed by atoms with E-state index >= 15 is 0 Å². The second-order valence-corrected chi connectivity index (χ2v) is 7.83. The summed E-state index contributed by atoms with van der Waals surface area (Å²) >= 11 is 5.95. The van der Waals surface area contributed by atoms with Gasteiger partial charge in [0.1, 0.15) is 0 Å². The number of rotatable bonds is 4. The first kappa shape index (κ1) is 19.9. The largest absolute Gasteiger partial charge is 0.461 e. The zero-order valence-electron chi connectivity index (χ0n) is 14.6. The normalized spacial score (nSPS) is 11.9. The average Bonchev–Trinajstić information content (AvgIpc) is 2.58. The number of carbonyl (C=O) groups is 1. The second kappa shape index (κ2) is 8.33. The number of hydrogen-bond donors (Lipinski definition) is 1. The fourth-order valence-corrected chi connectivity index (χ4v) is 3.40. The Labute approximate surface area is 157 Å². The molecule has 2 aromatic rings. The summed E-state index contributed by atoms with van der Waals surface area (Å²) in [5.74, 6) is -1.03. The smallest absolute Gasteiger partial charge is 0.371 e. The van der Waals surface area contributed by atoms with Gasteiger partial charge in [-0.05, 0) is 50.6 Å². The van der Waals surface area contributed by atoms with Gasteiger partial charge in [0, 0.05) is 5.02 Å². The first-order valence-electron chi connectivity index (χ1n) is 7.84. The first-order valence-corrected chi connectivity index (χ1v) is 9.70. The third-order valence-electron chi connectivity index (χ3n) is 3.51. The summed E-state index contributed by atoms with van der Waals surface area (Å²) < 4.78 is 30.5. The fraction of sp³-hybridized carbons (Fsp3) is 0.222. The van der Waals surface area contributed by atoms with Gasteiger partial charge in [0.15, 0.2) is 0 Å². The Kier molecular flexibility index (Phi) is 6.39. The molecule has 0 spiro atoms. The summed E-state index contributed by atoms with van der Waals surface area (Å²) in [7, 11) is -4.15. The first-order chi connectivity index (χ1) is 12.3. The predicted octanol–water partition coefficient (Wildman–Crippen LogP) is 3.72. The molecule has 8 heteroatoms. The summed E-state index contributed by atoms with van der Waals surface area (Å²) in [6.45, 7) is 5.24. The number of carbonyl (C=O) groups excluding carboxylic acids is 1. The van der Waals surface area contributed by atoms with Crippen LogP contribution in [0.5, 0.6) is 0 Å². The standard InChI is InChI=1S/C18H19ClN2O4S/c1-4-25-18(22)17(21-20-16-11-14(19)8-7-13(16)3)26(23,24)15-9-5-12(2)6-10-15/h5-11,20H,4H2,1-3H3/b21-17-. The van der Waals surface area contributed by atoms with E-state index in [1.807, 2.05) is 6.92 Å². The van der Waals surface area contributed by atoms with Gasteiger partial charge in [0.25, 0.3) is 5.04 Å². The highest BCUT2D eigenvalue weighted by molar-refractivity contribution is 8.08. The zero-order chi connectivity index (χ0) is 19.3. The quantitative estimate of drug-likeness (QED) is 0.369. The average molecular weight is 395 g/mol. The molecule has 26 heavy (non-hydrogen) atoms. The second-order valence-electron chi connectivity index (χ2n) is 5.52. The van der Waals surface area contributed by atoms with Gasteiger partial charge in [0.05, 0.1) is 17.2 Å². The number of nitrogens with one attached hydrogen (secondary N) is 1. The fourth-order valence-electron chi connectivity index (χ4n) is 2.06. The minimum atomic E-state index is -4.15. The van der Waals surface area contributed by atoms with Crippen LogP contribution in [0.4, 0.5) is 5.69 Å². The molecule has 2 rings (SSSR count). The van der Waals surface area contributed by atoms with Crippen molar-refractivity contribution in [2.45, 2.75) is 25.7 Å². The molecule has 0 aromatic heterocycles. The summed E-state index contributed by atoms with van der Waals surface area (Å²) in [5, 5.41) is 3.56. The molecular weight excluding hydrogens is 376 g/mol. The molecule has 0 aliphatic carbocycles. The molecule has 6 nitrogen and oxygen atoms in total. The number of nitrogens with zero attached hydrogens (tertiary/aromatic N) is 1. The molecule has 0 heterocycles. The highest BCUT2D eigenvalue weighted by atomic mass is 35.5. The predicted molar refractivity (Wildman–Crippen MR) is 102 cm³/mol. The molecule has 0 bridgehead atoms. The van der Waals surface area contributed by atoms with Crippen LogP contribution < -0.4 is 5.43 Å². The Balaban J connectivity index is 2.47. The zero-order valence-corrected chi connectivity index (χ0v) is 16.2. The highest BCUT2D eigenvalue weighted by Crippen LogP contribution is 2.21. The number of benzene rings is 2. The van der Waals surface area contributed by atoms with Crippen molar-refractivity contribution in [1.29, 1.82) is 0 Å². The Bertz CT molecular complexity index is 938. The van der Waals surface area contributed by atoms with Crippen molar-refractivity contribution in [2.75, 3.05) is 12.0 Å². The summed E-state index contributed by atoms with van der Waals surface area (Å²) in [6.07, 6.45) is 0. The van der Waals surface area contributed by atoms with E-state index in [9.17, 15) is 13.2 Å². The van der Waals surface area contributed by atoms with E-state index in [4.69, 9.17) is 16.3 Å². The summed E-state index contributed by atoms with van der Waals surface area (Å²) in [5.41, 5.74) is 4.77. The van der Waals surface area contributed by atoms with Gasteiger partial charge >= 0.3 is 5.97 Å². The van der Waals surface area contributed by atoms with Crippen molar-refractivity contribution in [1.82, 2.24) is 0 Å². The van der Waals surface area contributed by atoms with Crippen molar-refractivity contribution in [2.24, 2.45) is 5.10 Å². The topological polar surface area (TPSA) is 84.8 Å². The van der Waals surface area contributed by atoms with Crippen LogP contribution >= 0.6 is 11.6 Å². The van der Waals surface area contributed by atoms with E-state index in [0.717, 1.165) is 11.1 Å². The highest BCUT2D eigenvalue weighted by Gasteiger charge is 2.31. The molecule has 0 atom stereocenters. The van der Waals surface area contributed by atoms with Crippen LogP contribution in [-0.4, -0.2) is 26.0 Å². The number of hydrazone groups is 1. The minimum Gasteiger partial charge on any atom is -0.461 e. The van der Waals surface area contributed by atoms with Gasteiger partial charge < -0.3 is 4.74 Å². The van der Waals surface area contributed by atoms with Crippen LogP contribution in [0, 0.1) is 13.8 Å². The number of esters is 1. The van der Waals surface area contributed by atoms with E-state index < -0.39 is 20.9 Å². The lowest BCUT2D eigenvalue weighted by molar-refractivity contribution is -0.134. The van der Waals surface area contributed by atoms with Crippen molar-refractivity contribution in [3.63, 3.8) is 0 Å². The number of ether oxygens (including phenoxy) is 1. The summed E-state index contributed by atoms with van der Waals surface area (Å²) in [6, 6.07) is 11.2. The SMILES string of the molecule is CCOC(=O)/C(=N/Nc1cc(Cl)ccc1C)S(=O)(=O)c1ccc(C)cc1. The summed E-state index contributed by atoms with van der Waals surface area (Å²) in [4.78, 5) is 12.2. The van der Waals surface area contributed by atoms with Crippen LogP contribution in [0.3, 0.4) is 0 Å². The van der Waals surface area contributed by atoms with Crippen molar-refractivity contribution in [3.8, 4) is 0 Å². The van der Waals surface area contributed by atoms with Gasteiger partial charge in [-0.1, -0.05) is 35.4 Å². The minimum absolute atomic E-state index is 0.0253. The number of sulfone groups is 1. The molecule has 1 N–H and O–H groups in total. The lowest BCUT2D eigenvalue weighted by Gasteiger charge is -2.10. The third-order valence-corrected chi connectivity index (χ3v) is 5.41. The molecule has 0 radical (unpaired) electrons. The molecule has 2 aromatic carbocycles. The van der Waals surface area contributed by atoms with Crippen molar-refractivity contribution < 1.29 is 17.9 Å². The Morgan fingerprint density at radius 1 is 1.15 bits per heavy atom. The molecule has 0 aliphatic heterocycles. The van der Waals surface area contributed by atoms with Crippen molar-refractivity contribution in [3.05, 3.63) is 58.6 Å². The Hall–Kier alpha value is -2.38. The molecular formula is C18H19ClN2O4S. The van der Waals surface area contributed by atoms with Crippen LogP contribution in [0.25, 0.3) is 0 Å². The Morgan fingerprint density at radius 3 is 2.42 bits per heavy atom. The molecule has 0 aliphatic rings. The molecule has 0 saturated carbocycles. The third kappa shape index (κ3) is 4.62. The van der Waals surface area contributed by atoms with Gasteiger partial charge in [-0.25, -0.2) is 13.2 Å². The number of hydrogen-bond acceptors (Lipinski definition) is 6. The van der Waals surface area contributed by atoms with E-state index in [2.05, 4.69) is 10.5 Å². The number of anilines is 1. The van der Waals surface area contributed by atoms with Gasteiger partial charge in [0.2, 0.25) is 9.84 Å². The maximum Gasteiger partial charge on any atom is 0.371 e. The molecule has 138 valence electrons. The van der Waals surface area contributed by atoms with E-state index in [-0.39, 0.29) is 11.5 Å². The van der Waals surface area contributed by atoms with Crippen LogP contribution in [0.2, 0.25) is 5.02 Å². The molecule has 0 unspecified atom stereocenters.